The molecule has 0 saturated heterocycles. The molecule has 0 radical (unpaired) electrons. The quantitative estimate of drug-likeness (QED) is 0.620. The van der Waals surface area contributed by atoms with Gasteiger partial charge >= 0.3 is 0 Å². The van der Waals surface area contributed by atoms with Crippen molar-refractivity contribution in [3.05, 3.63) is 48.4 Å². The number of benzene rings is 1. The zero-order valence-corrected chi connectivity index (χ0v) is 8.44. The SMILES string of the molecule is Cc1ccccc1-c1ccnc[n+]1C. The van der Waals surface area contributed by atoms with Crippen LogP contribution in [-0.2, 0) is 7.05 Å². The van der Waals surface area contributed by atoms with Gasteiger partial charge < -0.3 is 0 Å². The van der Waals surface area contributed by atoms with Crippen LogP contribution >= 0.6 is 0 Å². The monoisotopic (exact) mass is 185 g/mol. The van der Waals surface area contributed by atoms with Crippen molar-refractivity contribution in [2.45, 2.75) is 6.92 Å². The molecule has 0 unspecified atom stereocenters. The van der Waals surface area contributed by atoms with Crippen molar-refractivity contribution in [2.75, 3.05) is 0 Å². The first-order valence-electron chi connectivity index (χ1n) is 4.64. The van der Waals surface area contributed by atoms with Crippen molar-refractivity contribution < 1.29 is 4.57 Å². The van der Waals surface area contributed by atoms with Crippen LogP contribution in [0.5, 0.6) is 0 Å². The van der Waals surface area contributed by atoms with Crippen molar-refractivity contribution in [2.24, 2.45) is 7.05 Å². The molecule has 1 aromatic carbocycles. The fourth-order valence-corrected chi connectivity index (χ4v) is 1.57. The van der Waals surface area contributed by atoms with Gasteiger partial charge in [0.1, 0.15) is 11.9 Å². The van der Waals surface area contributed by atoms with Crippen molar-refractivity contribution in [1.82, 2.24) is 4.98 Å². The maximum Gasteiger partial charge on any atom is 0.286 e. The molecule has 0 spiro atoms. The van der Waals surface area contributed by atoms with E-state index in [0.717, 1.165) is 0 Å². The van der Waals surface area contributed by atoms with Crippen LogP contribution < -0.4 is 4.57 Å². The third-order valence-electron chi connectivity index (χ3n) is 2.36. The number of rotatable bonds is 1. The lowest BCUT2D eigenvalue weighted by Crippen LogP contribution is -2.31. The first-order chi connectivity index (χ1) is 6.79. The first-order valence-corrected chi connectivity index (χ1v) is 4.64. The first kappa shape index (κ1) is 8.88. The Labute approximate surface area is 83.9 Å². The molecule has 0 saturated carbocycles. The summed E-state index contributed by atoms with van der Waals surface area (Å²) < 4.78 is 2.03. The molecular formula is C12H13N2+. The van der Waals surface area contributed by atoms with E-state index in [2.05, 4.69) is 36.2 Å². The lowest BCUT2D eigenvalue weighted by atomic mass is 10.1. The number of aryl methyl sites for hydroxylation is 2. The molecule has 0 aliphatic carbocycles. The van der Waals surface area contributed by atoms with Gasteiger partial charge in [0.05, 0.1) is 7.05 Å². The Morgan fingerprint density at radius 3 is 2.64 bits per heavy atom. The molecule has 0 amide bonds. The van der Waals surface area contributed by atoms with Gasteiger partial charge in [-0.25, -0.2) is 4.57 Å². The minimum absolute atomic E-state index is 1.19. The Morgan fingerprint density at radius 1 is 1.14 bits per heavy atom. The summed E-state index contributed by atoms with van der Waals surface area (Å²) >= 11 is 0. The highest BCUT2D eigenvalue weighted by molar-refractivity contribution is 5.60. The van der Waals surface area contributed by atoms with Crippen LogP contribution in [0.2, 0.25) is 0 Å². The van der Waals surface area contributed by atoms with E-state index in [1.165, 1.54) is 16.8 Å². The van der Waals surface area contributed by atoms with Crippen LogP contribution in [0.15, 0.2) is 42.9 Å². The van der Waals surface area contributed by atoms with Crippen molar-refractivity contribution >= 4 is 0 Å². The molecule has 0 atom stereocenters. The van der Waals surface area contributed by atoms with Gasteiger partial charge in [0.2, 0.25) is 0 Å². The van der Waals surface area contributed by atoms with E-state index in [0.29, 0.717) is 0 Å². The van der Waals surface area contributed by atoms with Gasteiger partial charge in [0.25, 0.3) is 6.33 Å². The van der Waals surface area contributed by atoms with E-state index in [9.17, 15) is 0 Å². The maximum absolute atomic E-state index is 4.06. The van der Waals surface area contributed by atoms with Gasteiger partial charge in [-0.15, -0.1) is 0 Å². The molecular weight excluding hydrogens is 172 g/mol. The second-order valence-corrected chi connectivity index (χ2v) is 3.39. The highest BCUT2D eigenvalue weighted by Crippen LogP contribution is 2.18. The molecule has 0 fully saturated rings. The van der Waals surface area contributed by atoms with E-state index in [4.69, 9.17) is 0 Å². The topological polar surface area (TPSA) is 16.8 Å². The van der Waals surface area contributed by atoms with Gasteiger partial charge in [-0.3, -0.25) is 0 Å². The third kappa shape index (κ3) is 1.51. The van der Waals surface area contributed by atoms with E-state index >= 15 is 0 Å². The molecule has 0 bridgehead atoms. The molecule has 0 aliphatic rings. The zero-order chi connectivity index (χ0) is 9.97. The Kier molecular flexibility index (Phi) is 2.27. The Morgan fingerprint density at radius 2 is 1.93 bits per heavy atom. The highest BCUT2D eigenvalue weighted by Gasteiger charge is 2.07. The third-order valence-corrected chi connectivity index (χ3v) is 2.36. The lowest BCUT2D eigenvalue weighted by molar-refractivity contribution is -0.663. The molecule has 1 aromatic heterocycles. The normalized spacial score (nSPS) is 10.1. The second-order valence-electron chi connectivity index (χ2n) is 3.39. The molecule has 0 N–H and O–H groups in total. The van der Waals surface area contributed by atoms with E-state index in [-0.39, 0.29) is 0 Å². The summed E-state index contributed by atoms with van der Waals surface area (Å²) in [4.78, 5) is 4.06. The number of hydrogen-bond donors (Lipinski definition) is 0. The van der Waals surface area contributed by atoms with Crippen molar-refractivity contribution in [3.8, 4) is 11.3 Å². The standard InChI is InChI=1S/C12H13N2/c1-10-5-3-4-6-11(10)12-7-8-13-9-14(12)2/h3-9H,1-2H3/q+1. The minimum atomic E-state index is 1.19. The Hall–Kier alpha value is -1.70. The van der Waals surface area contributed by atoms with Crippen LogP contribution in [0.4, 0.5) is 0 Å². The van der Waals surface area contributed by atoms with Crippen molar-refractivity contribution in [1.29, 1.82) is 0 Å². The summed E-state index contributed by atoms with van der Waals surface area (Å²) in [5.41, 5.74) is 3.74. The number of nitrogens with zero attached hydrogens (tertiary/aromatic N) is 2. The smallest absolute Gasteiger partial charge is 0.233 e. The summed E-state index contributed by atoms with van der Waals surface area (Å²) in [7, 11) is 2.01. The Bertz CT molecular complexity index is 406. The average molecular weight is 185 g/mol. The van der Waals surface area contributed by atoms with Crippen molar-refractivity contribution in [3.63, 3.8) is 0 Å². The van der Waals surface area contributed by atoms with Crippen LogP contribution in [0, 0.1) is 6.92 Å². The average Bonchev–Trinajstić information content (AvgIpc) is 2.20. The summed E-state index contributed by atoms with van der Waals surface area (Å²) in [6.07, 6.45) is 3.64. The highest BCUT2D eigenvalue weighted by atomic mass is 15.0. The lowest BCUT2D eigenvalue weighted by Gasteiger charge is -2.04. The van der Waals surface area contributed by atoms with Crippen LogP contribution in [0.3, 0.4) is 0 Å². The second kappa shape index (κ2) is 3.58. The van der Waals surface area contributed by atoms with Crippen LogP contribution in [0.25, 0.3) is 11.3 Å². The predicted octanol–water partition coefficient (Wildman–Crippen LogP) is 1.88. The molecule has 2 aromatic rings. The fourth-order valence-electron chi connectivity index (χ4n) is 1.57. The summed E-state index contributed by atoms with van der Waals surface area (Å²) in [5.74, 6) is 0. The fraction of sp³-hybridized carbons (Fsp3) is 0.167. The molecule has 1 heterocycles. The van der Waals surface area contributed by atoms with Gasteiger partial charge in [-0.1, -0.05) is 29.2 Å². The maximum atomic E-state index is 4.06. The van der Waals surface area contributed by atoms with Crippen LogP contribution in [0.1, 0.15) is 5.56 Å². The largest absolute Gasteiger partial charge is 0.286 e. The van der Waals surface area contributed by atoms with E-state index < -0.39 is 0 Å². The molecule has 2 heteroatoms. The number of hydrogen-bond acceptors (Lipinski definition) is 1. The van der Waals surface area contributed by atoms with Gasteiger partial charge in [0.15, 0.2) is 0 Å². The summed E-state index contributed by atoms with van der Waals surface area (Å²) in [6, 6.07) is 10.4. The zero-order valence-electron chi connectivity index (χ0n) is 8.44. The Balaban J connectivity index is 2.61. The summed E-state index contributed by atoms with van der Waals surface area (Å²) in [5, 5.41) is 0. The molecule has 14 heavy (non-hydrogen) atoms. The molecule has 2 rings (SSSR count). The predicted molar refractivity (Wildman–Crippen MR) is 55.6 cm³/mol. The van der Waals surface area contributed by atoms with E-state index in [1.807, 2.05) is 30.2 Å². The molecule has 2 nitrogen and oxygen atoms in total. The minimum Gasteiger partial charge on any atom is -0.233 e. The van der Waals surface area contributed by atoms with Crippen LogP contribution in [-0.4, -0.2) is 4.98 Å². The van der Waals surface area contributed by atoms with Gasteiger partial charge in [0, 0.05) is 11.6 Å². The summed E-state index contributed by atoms with van der Waals surface area (Å²) in [6.45, 7) is 2.12. The van der Waals surface area contributed by atoms with Gasteiger partial charge in [-0.05, 0) is 12.5 Å². The molecule has 0 aliphatic heterocycles. The van der Waals surface area contributed by atoms with Gasteiger partial charge in [-0.2, -0.15) is 0 Å². The number of aromatic nitrogens is 2. The van der Waals surface area contributed by atoms with E-state index in [1.54, 1.807) is 0 Å². The molecule has 70 valence electrons.